The van der Waals surface area contributed by atoms with Crippen LogP contribution < -0.4 is 21.3 Å². The molecule has 5 N–H and O–H groups in total. The van der Waals surface area contributed by atoms with Crippen LogP contribution in [-0.2, 0) is 0 Å². The van der Waals surface area contributed by atoms with Gasteiger partial charge in [-0.15, -0.1) is 0 Å². The lowest BCUT2D eigenvalue weighted by molar-refractivity contribution is 0.266. The van der Waals surface area contributed by atoms with Crippen molar-refractivity contribution in [3.8, 4) is 0 Å². The lowest BCUT2D eigenvalue weighted by Crippen LogP contribution is -2.51. The largest absolute Gasteiger partial charge is 0.399 e. The Morgan fingerprint density at radius 1 is 1.05 bits per heavy atom. The van der Waals surface area contributed by atoms with Crippen LogP contribution in [0, 0.1) is 0 Å². The summed E-state index contributed by atoms with van der Waals surface area (Å²) in [5.74, 6) is 0. The molecule has 5 nitrogen and oxygen atoms in total. The van der Waals surface area contributed by atoms with E-state index in [-0.39, 0.29) is 6.61 Å². The summed E-state index contributed by atoms with van der Waals surface area (Å²) in [5.41, 5.74) is 7.66. The average molecular weight is 306 g/mol. The van der Waals surface area contributed by atoms with Gasteiger partial charge in [0, 0.05) is 43.7 Å². The smallest absolute Gasteiger partial charge is 0.0451 e. The third-order valence-electron chi connectivity index (χ3n) is 4.24. The number of nitrogens with one attached hydrogen (secondary N) is 2. The summed E-state index contributed by atoms with van der Waals surface area (Å²) >= 11 is 0. The molecule has 0 aliphatic carbocycles. The first-order valence-corrected chi connectivity index (χ1v) is 8.46. The van der Waals surface area contributed by atoms with Gasteiger partial charge in [0.05, 0.1) is 0 Å². The molecule has 2 heterocycles. The zero-order chi connectivity index (χ0) is 15.6. The number of nitrogens with two attached hydrogens (primary N) is 1. The highest BCUT2D eigenvalue weighted by atomic mass is 16.3. The summed E-state index contributed by atoms with van der Waals surface area (Å²) in [6.45, 7) is 5.64. The molecule has 0 aromatic heterocycles. The fraction of sp³-hybridized carbons (Fsp3) is 0.647. The average Bonchev–Trinajstić information content (AvgIpc) is 2.59. The van der Waals surface area contributed by atoms with Crippen molar-refractivity contribution in [2.24, 2.45) is 0 Å². The summed E-state index contributed by atoms with van der Waals surface area (Å²) in [6, 6.07) is 8.32. The van der Waals surface area contributed by atoms with Crippen LogP contribution in [0.1, 0.15) is 25.7 Å². The first kappa shape index (κ1) is 17.1. The van der Waals surface area contributed by atoms with Crippen molar-refractivity contribution in [1.82, 2.24) is 10.6 Å². The van der Waals surface area contributed by atoms with Crippen LogP contribution in [0.15, 0.2) is 24.3 Å². The van der Waals surface area contributed by atoms with Gasteiger partial charge < -0.3 is 26.4 Å². The number of nitrogens with zero attached hydrogens (tertiary/aromatic N) is 1. The van der Waals surface area contributed by atoms with Crippen LogP contribution in [0.2, 0.25) is 0 Å². The molecule has 0 bridgehead atoms. The SMILES string of the molecule is C1CCNCC1.Nc1ccc(N2CCNCC2CCO)cc1. The Kier molecular flexibility index (Phi) is 7.49. The summed E-state index contributed by atoms with van der Waals surface area (Å²) in [6.07, 6.45) is 5.02. The predicted molar refractivity (Wildman–Crippen MR) is 93.3 cm³/mol. The van der Waals surface area contributed by atoms with Crippen molar-refractivity contribution < 1.29 is 5.11 Å². The van der Waals surface area contributed by atoms with Crippen molar-refractivity contribution >= 4 is 11.4 Å². The Balaban J connectivity index is 0.000000246. The molecule has 3 rings (SSSR count). The molecule has 2 aliphatic heterocycles. The van der Waals surface area contributed by atoms with Gasteiger partial charge in [-0.1, -0.05) is 6.42 Å². The fourth-order valence-electron chi connectivity index (χ4n) is 2.98. The van der Waals surface area contributed by atoms with Crippen molar-refractivity contribution in [3.05, 3.63) is 24.3 Å². The van der Waals surface area contributed by atoms with Crippen molar-refractivity contribution in [3.63, 3.8) is 0 Å². The molecule has 5 heteroatoms. The molecule has 0 saturated carbocycles. The van der Waals surface area contributed by atoms with Gasteiger partial charge in [0.2, 0.25) is 0 Å². The molecule has 124 valence electrons. The number of rotatable bonds is 3. The molecular formula is C17H30N4O. The minimum atomic E-state index is 0.234. The second-order valence-corrected chi connectivity index (χ2v) is 5.97. The van der Waals surface area contributed by atoms with Gasteiger partial charge in [0.25, 0.3) is 0 Å². The normalized spacial score (nSPS) is 21.9. The zero-order valence-electron chi connectivity index (χ0n) is 13.4. The lowest BCUT2D eigenvalue weighted by Gasteiger charge is -2.37. The molecular weight excluding hydrogens is 276 g/mol. The highest BCUT2D eigenvalue weighted by Gasteiger charge is 2.21. The third-order valence-corrected chi connectivity index (χ3v) is 4.24. The Morgan fingerprint density at radius 3 is 2.32 bits per heavy atom. The van der Waals surface area contributed by atoms with E-state index in [1.165, 1.54) is 38.0 Å². The van der Waals surface area contributed by atoms with Gasteiger partial charge in [-0.3, -0.25) is 0 Å². The number of hydrogen-bond acceptors (Lipinski definition) is 5. The zero-order valence-corrected chi connectivity index (χ0v) is 13.4. The number of piperidine rings is 1. The quantitative estimate of drug-likeness (QED) is 0.631. The highest BCUT2D eigenvalue weighted by molar-refractivity contribution is 5.54. The van der Waals surface area contributed by atoms with Gasteiger partial charge in [0.15, 0.2) is 0 Å². The van der Waals surface area contributed by atoms with Gasteiger partial charge in [-0.25, -0.2) is 0 Å². The molecule has 0 amide bonds. The van der Waals surface area contributed by atoms with E-state index in [1.807, 2.05) is 24.3 Å². The third kappa shape index (κ3) is 5.48. The predicted octanol–water partition coefficient (Wildman–Crippen LogP) is 1.19. The fourth-order valence-corrected chi connectivity index (χ4v) is 2.98. The molecule has 1 aromatic rings. The second-order valence-electron chi connectivity index (χ2n) is 5.97. The highest BCUT2D eigenvalue weighted by Crippen LogP contribution is 2.21. The van der Waals surface area contributed by atoms with Crippen LogP contribution in [0.25, 0.3) is 0 Å². The van der Waals surface area contributed by atoms with Gasteiger partial charge in [-0.2, -0.15) is 0 Å². The maximum Gasteiger partial charge on any atom is 0.0451 e. The standard InChI is InChI=1S/C12H19N3O.C5H11N/c13-10-1-3-11(4-2-10)15-7-6-14-9-12(15)5-8-16;1-2-4-6-5-3-1/h1-4,12,14,16H,5-9,13H2;6H,1-5H2. The van der Waals surface area contributed by atoms with Crippen LogP contribution in [0.5, 0.6) is 0 Å². The van der Waals surface area contributed by atoms with E-state index in [0.29, 0.717) is 6.04 Å². The van der Waals surface area contributed by atoms with E-state index in [0.717, 1.165) is 31.7 Å². The van der Waals surface area contributed by atoms with Gasteiger partial charge in [0.1, 0.15) is 0 Å². The second kappa shape index (κ2) is 9.66. The van der Waals surface area contributed by atoms with E-state index in [2.05, 4.69) is 15.5 Å². The van der Waals surface area contributed by atoms with Crippen molar-refractivity contribution in [1.29, 1.82) is 0 Å². The first-order chi connectivity index (χ1) is 10.8. The van der Waals surface area contributed by atoms with Crippen LogP contribution >= 0.6 is 0 Å². The summed E-state index contributed by atoms with van der Waals surface area (Å²) in [7, 11) is 0. The first-order valence-electron chi connectivity index (χ1n) is 8.46. The molecule has 0 radical (unpaired) electrons. The minimum absolute atomic E-state index is 0.234. The Hall–Kier alpha value is -1.30. The van der Waals surface area contributed by atoms with Crippen LogP contribution in [0.3, 0.4) is 0 Å². The monoisotopic (exact) mass is 306 g/mol. The van der Waals surface area contributed by atoms with E-state index in [9.17, 15) is 0 Å². The van der Waals surface area contributed by atoms with Crippen molar-refractivity contribution in [2.75, 3.05) is 50.0 Å². The maximum absolute atomic E-state index is 9.05. The van der Waals surface area contributed by atoms with E-state index in [4.69, 9.17) is 10.8 Å². The summed E-state index contributed by atoms with van der Waals surface area (Å²) < 4.78 is 0. The van der Waals surface area contributed by atoms with E-state index in [1.54, 1.807) is 0 Å². The van der Waals surface area contributed by atoms with Crippen LogP contribution in [0.4, 0.5) is 11.4 Å². The molecule has 1 aromatic carbocycles. The van der Waals surface area contributed by atoms with Gasteiger partial charge >= 0.3 is 0 Å². The van der Waals surface area contributed by atoms with Crippen molar-refractivity contribution in [2.45, 2.75) is 31.7 Å². The molecule has 2 aliphatic rings. The number of benzene rings is 1. The Labute approximate surface area is 133 Å². The molecule has 2 saturated heterocycles. The number of nitrogen functional groups attached to an aromatic ring is 1. The lowest BCUT2D eigenvalue weighted by atomic mass is 10.1. The maximum atomic E-state index is 9.05. The molecule has 1 atom stereocenters. The number of aliphatic hydroxyl groups excluding tert-OH is 1. The number of anilines is 2. The number of aliphatic hydroxyl groups is 1. The van der Waals surface area contributed by atoms with Crippen LogP contribution in [-0.4, -0.2) is 50.5 Å². The summed E-state index contributed by atoms with van der Waals surface area (Å²) in [5, 5.41) is 15.7. The number of hydrogen-bond donors (Lipinski definition) is 4. The minimum Gasteiger partial charge on any atom is -0.399 e. The Morgan fingerprint density at radius 2 is 1.77 bits per heavy atom. The van der Waals surface area contributed by atoms with E-state index < -0.39 is 0 Å². The van der Waals surface area contributed by atoms with Gasteiger partial charge in [-0.05, 0) is 56.6 Å². The summed E-state index contributed by atoms with van der Waals surface area (Å²) in [4.78, 5) is 2.34. The molecule has 0 spiro atoms. The van der Waals surface area contributed by atoms with E-state index >= 15 is 0 Å². The topological polar surface area (TPSA) is 73.5 Å². The number of piperazine rings is 1. The molecule has 22 heavy (non-hydrogen) atoms. The Bertz CT molecular complexity index is 392. The molecule has 2 fully saturated rings. The molecule has 1 unspecified atom stereocenters.